The van der Waals surface area contributed by atoms with Crippen molar-refractivity contribution >= 4 is 23.5 Å². The van der Waals surface area contributed by atoms with Gasteiger partial charge in [0.25, 0.3) is 0 Å². The van der Waals surface area contributed by atoms with Gasteiger partial charge in [-0.2, -0.15) is 0 Å². The van der Waals surface area contributed by atoms with E-state index in [0.717, 1.165) is 29.8 Å². The standard InChI is InChI=1S/C24H29N5O3/c1-24(2,3)32-23(31)28-13-9-17(10-14-28)15-21(30)26-19-7-5-18(6-8-19)20-16-29-12-4-11-25-22(29)27-20/h4-8,11-12,16-17H,9-10,13-15H2,1-3H3,(H,26,30). The highest BCUT2D eigenvalue weighted by Crippen LogP contribution is 2.24. The van der Waals surface area contributed by atoms with Crippen LogP contribution in [0.2, 0.25) is 0 Å². The molecule has 1 N–H and O–H groups in total. The van der Waals surface area contributed by atoms with Crippen LogP contribution in [0.3, 0.4) is 0 Å². The normalized spacial score (nSPS) is 15.0. The Morgan fingerprint density at radius 3 is 2.53 bits per heavy atom. The number of benzene rings is 1. The van der Waals surface area contributed by atoms with Crippen LogP contribution in [0.5, 0.6) is 0 Å². The number of amides is 2. The van der Waals surface area contributed by atoms with Crippen molar-refractivity contribution in [2.75, 3.05) is 18.4 Å². The van der Waals surface area contributed by atoms with Crippen molar-refractivity contribution < 1.29 is 14.3 Å². The van der Waals surface area contributed by atoms with Crippen molar-refractivity contribution in [3.05, 3.63) is 48.9 Å². The van der Waals surface area contributed by atoms with E-state index in [1.807, 2.05) is 67.9 Å². The van der Waals surface area contributed by atoms with Gasteiger partial charge in [-0.05, 0) is 57.7 Å². The number of likely N-dealkylation sites (tertiary alicyclic amines) is 1. The summed E-state index contributed by atoms with van der Waals surface area (Å²) in [5.74, 6) is 0.904. The number of aromatic nitrogens is 3. The molecule has 2 amide bonds. The lowest BCUT2D eigenvalue weighted by Gasteiger charge is -2.33. The van der Waals surface area contributed by atoms with Crippen molar-refractivity contribution in [2.24, 2.45) is 5.92 Å². The molecule has 8 nitrogen and oxygen atoms in total. The van der Waals surface area contributed by atoms with Crippen LogP contribution in [0.4, 0.5) is 10.5 Å². The average Bonchev–Trinajstić information content (AvgIpc) is 3.18. The van der Waals surface area contributed by atoms with Crippen LogP contribution in [-0.4, -0.2) is 50.0 Å². The summed E-state index contributed by atoms with van der Waals surface area (Å²) >= 11 is 0. The van der Waals surface area contributed by atoms with E-state index >= 15 is 0 Å². The van der Waals surface area contributed by atoms with Crippen LogP contribution in [0, 0.1) is 5.92 Å². The largest absolute Gasteiger partial charge is 0.444 e. The van der Waals surface area contributed by atoms with Crippen LogP contribution in [-0.2, 0) is 9.53 Å². The highest BCUT2D eigenvalue weighted by atomic mass is 16.6. The van der Waals surface area contributed by atoms with Gasteiger partial charge >= 0.3 is 6.09 Å². The second-order valence-corrected chi connectivity index (χ2v) is 9.19. The predicted molar refractivity (Wildman–Crippen MR) is 122 cm³/mol. The van der Waals surface area contributed by atoms with E-state index in [1.165, 1.54) is 0 Å². The minimum absolute atomic E-state index is 0.00889. The molecule has 1 aromatic carbocycles. The number of carbonyl (C=O) groups excluding carboxylic acids is 2. The first-order chi connectivity index (χ1) is 15.3. The van der Waals surface area contributed by atoms with Gasteiger partial charge in [-0.1, -0.05) is 12.1 Å². The molecule has 0 aliphatic carbocycles. The van der Waals surface area contributed by atoms with E-state index in [1.54, 1.807) is 11.1 Å². The molecular weight excluding hydrogens is 406 g/mol. The molecule has 1 fully saturated rings. The summed E-state index contributed by atoms with van der Waals surface area (Å²) in [4.78, 5) is 35.2. The molecule has 3 aromatic rings. The van der Waals surface area contributed by atoms with E-state index in [0.29, 0.717) is 25.3 Å². The van der Waals surface area contributed by atoms with Crippen LogP contribution < -0.4 is 5.32 Å². The van der Waals surface area contributed by atoms with Gasteiger partial charge in [0.1, 0.15) is 5.60 Å². The Hall–Kier alpha value is -3.42. The first-order valence-corrected chi connectivity index (χ1v) is 10.9. The van der Waals surface area contributed by atoms with E-state index in [4.69, 9.17) is 4.74 Å². The van der Waals surface area contributed by atoms with Crippen LogP contribution in [0.1, 0.15) is 40.0 Å². The third kappa shape index (κ3) is 5.43. The third-order valence-corrected chi connectivity index (χ3v) is 5.44. The number of nitrogens with one attached hydrogen (secondary N) is 1. The lowest BCUT2D eigenvalue weighted by atomic mass is 9.93. The predicted octanol–water partition coefficient (Wildman–Crippen LogP) is 4.37. The van der Waals surface area contributed by atoms with Crippen LogP contribution >= 0.6 is 0 Å². The van der Waals surface area contributed by atoms with Gasteiger partial charge in [0.15, 0.2) is 0 Å². The first kappa shape index (κ1) is 21.8. The number of nitrogens with zero attached hydrogens (tertiary/aromatic N) is 4. The summed E-state index contributed by atoms with van der Waals surface area (Å²) in [6.07, 6.45) is 7.32. The fourth-order valence-corrected chi connectivity index (χ4v) is 3.81. The molecule has 32 heavy (non-hydrogen) atoms. The second kappa shape index (κ2) is 8.98. The molecule has 0 bridgehead atoms. The minimum atomic E-state index is -0.495. The number of rotatable bonds is 4. The fraction of sp³-hybridized carbons (Fsp3) is 0.417. The number of ether oxygens (including phenoxy) is 1. The summed E-state index contributed by atoms with van der Waals surface area (Å²) in [7, 11) is 0. The zero-order valence-corrected chi connectivity index (χ0v) is 18.7. The zero-order chi connectivity index (χ0) is 22.7. The summed E-state index contributed by atoms with van der Waals surface area (Å²) in [6.45, 7) is 6.83. The number of hydrogen-bond donors (Lipinski definition) is 1. The van der Waals surface area contributed by atoms with Gasteiger partial charge in [-0.15, -0.1) is 0 Å². The maximum absolute atomic E-state index is 12.5. The highest BCUT2D eigenvalue weighted by molar-refractivity contribution is 5.91. The van der Waals surface area contributed by atoms with Crippen molar-refractivity contribution in [1.29, 1.82) is 0 Å². The molecule has 3 heterocycles. The minimum Gasteiger partial charge on any atom is -0.444 e. The van der Waals surface area contributed by atoms with Gasteiger partial charge in [0, 0.05) is 49.4 Å². The monoisotopic (exact) mass is 435 g/mol. The maximum Gasteiger partial charge on any atom is 0.410 e. The molecule has 1 aliphatic heterocycles. The van der Waals surface area contributed by atoms with Gasteiger partial charge < -0.3 is 15.0 Å². The number of fused-ring (bicyclic) bond motifs is 1. The van der Waals surface area contributed by atoms with Crippen molar-refractivity contribution in [3.8, 4) is 11.3 Å². The fourth-order valence-electron chi connectivity index (χ4n) is 3.81. The van der Waals surface area contributed by atoms with Gasteiger partial charge in [-0.3, -0.25) is 9.20 Å². The number of hydrogen-bond acceptors (Lipinski definition) is 5. The second-order valence-electron chi connectivity index (χ2n) is 9.19. The number of carbonyl (C=O) groups is 2. The molecule has 0 atom stereocenters. The van der Waals surface area contributed by atoms with Gasteiger partial charge in [0.05, 0.1) is 5.69 Å². The first-order valence-electron chi connectivity index (χ1n) is 10.9. The lowest BCUT2D eigenvalue weighted by Crippen LogP contribution is -2.42. The molecule has 0 saturated carbocycles. The molecule has 4 rings (SSSR count). The molecule has 2 aromatic heterocycles. The van der Waals surface area contributed by atoms with E-state index in [-0.39, 0.29) is 17.9 Å². The van der Waals surface area contributed by atoms with Crippen molar-refractivity contribution in [1.82, 2.24) is 19.3 Å². The Morgan fingerprint density at radius 1 is 1.16 bits per heavy atom. The Kier molecular flexibility index (Phi) is 6.12. The van der Waals surface area contributed by atoms with E-state index in [9.17, 15) is 9.59 Å². The smallest absolute Gasteiger partial charge is 0.410 e. The number of imidazole rings is 1. The van der Waals surface area contributed by atoms with Crippen LogP contribution in [0.25, 0.3) is 17.0 Å². The molecule has 0 radical (unpaired) electrons. The van der Waals surface area contributed by atoms with Gasteiger partial charge in [0.2, 0.25) is 11.7 Å². The Labute approximate surface area is 187 Å². The molecule has 8 heteroatoms. The Balaban J connectivity index is 1.27. The van der Waals surface area contributed by atoms with Crippen molar-refractivity contribution in [2.45, 2.75) is 45.6 Å². The lowest BCUT2D eigenvalue weighted by molar-refractivity contribution is -0.117. The Morgan fingerprint density at radius 2 is 1.88 bits per heavy atom. The summed E-state index contributed by atoms with van der Waals surface area (Å²) < 4.78 is 7.30. The summed E-state index contributed by atoms with van der Waals surface area (Å²) in [5.41, 5.74) is 2.05. The third-order valence-electron chi connectivity index (χ3n) is 5.44. The van der Waals surface area contributed by atoms with Gasteiger partial charge in [-0.25, -0.2) is 14.8 Å². The summed E-state index contributed by atoms with van der Waals surface area (Å²) in [6, 6.07) is 9.51. The van der Waals surface area contributed by atoms with Crippen LogP contribution in [0.15, 0.2) is 48.9 Å². The molecule has 1 saturated heterocycles. The summed E-state index contributed by atoms with van der Waals surface area (Å²) in [5, 5.41) is 2.98. The molecule has 0 unspecified atom stereocenters. The topological polar surface area (TPSA) is 88.8 Å². The SMILES string of the molecule is CC(C)(C)OC(=O)N1CCC(CC(=O)Nc2ccc(-c3cn4cccnc4n3)cc2)CC1. The van der Waals surface area contributed by atoms with E-state index < -0.39 is 5.60 Å². The zero-order valence-electron chi connectivity index (χ0n) is 18.7. The number of piperidine rings is 1. The van der Waals surface area contributed by atoms with Crippen molar-refractivity contribution in [3.63, 3.8) is 0 Å². The number of anilines is 1. The molecular formula is C24H29N5O3. The Bertz CT molecular complexity index is 1060. The molecule has 1 aliphatic rings. The quantitative estimate of drug-likeness (QED) is 0.657. The highest BCUT2D eigenvalue weighted by Gasteiger charge is 2.27. The molecule has 0 spiro atoms. The molecule has 168 valence electrons. The van der Waals surface area contributed by atoms with E-state index in [2.05, 4.69) is 15.3 Å². The average molecular weight is 436 g/mol. The maximum atomic E-state index is 12.5.